The zero-order chi connectivity index (χ0) is 17.9. The van der Waals surface area contributed by atoms with Crippen molar-refractivity contribution in [2.75, 3.05) is 46.5 Å². The van der Waals surface area contributed by atoms with Gasteiger partial charge >= 0.3 is 0 Å². The number of methoxy groups -OCH3 is 1. The van der Waals surface area contributed by atoms with Crippen LogP contribution < -0.4 is 4.74 Å². The lowest BCUT2D eigenvalue weighted by Gasteiger charge is -2.33. The molecule has 6 nitrogen and oxygen atoms in total. The summed E-state index contributed by atoms with van der Waals surface area (Å²) in [6.07, 6.45) is 4.59. The van der Waals surface area contributed by atoms with Gasteiger partial charge in [0.2, 0.25) is 5.91 Å². The number of morpholine rings is 1. The fraction of sp³-hybridized carbons (Fsp3) is 0.550. The average Bonchev–Trinajstić information content (AvgIpc) is 3.29. The number of fused-ring (bicyclic) bond motifs is 1. The van der Waals surface area contributed by atoms with Crippen molar-refractivity contribution in [1.82, 2.24) is 14.8 Å². The van der Waals surface area contributed by atoms with Crippen LogP contribution in [0.3, 0.4) is 0 Å². The Morgan fingerprint density at radius 3 is 2.96 bits per heavy atom. The topological polar surface area (TPSA) is 57.8 Å². The number of nitrogens with zero attached hydrogens (tertiary/aromatic N) is 2. The molecule has 3 heterocycles. The third-order valence-electron chi connectivity index (χ3n) is 5.59. The highest BCUT2D eigenvalue weighted by Crippen LogP contribution is 2.26. The normalized spacial score (nSPS) is 21.4. The fourth-order valence-electron chi connectivity index (χ4n) is 4.13. The molecule has 1 aromatic carbocycles. The number of benzene rings is 1. The maximum atomic E-state index is 13.0. The molecule has 2 aliphatic rings. The van der Waals surface area contributed by atoms with Crippen LogP contribution in [0.2, 0.25) is 0 Å². The lowest BCUT2D eigenvalue weighted by molar-refractivity contribution is -0.131. The number of hydrogen-bond donors (Lipinski definition) is 1. The van der Waals surface area contributed by atoms with E-state index in [0.717, 1.165) is 74.5 Å². The summed E-state index contributed by atoms with van der Waals surface area (Å²) in [5, 5.41) is 1.07. The first-order valence-electron chi connectivity index (χ1n) is 9.48. The molecular weight excluding hydrogens is 330 g/mol. The first-order chi connectivity index (χ1) is 12.7. The van der Waals surface area contributed by atoms with Gasteiger partial charge in [0.05, 0.1) is 26.7 Å². The third kappa shape index (κ3) is 3.57. The second kappa shape index (κ2) is 7.68. The second-order valence-electron chi connectivity index (χ2n) is 7.20. The molecule has 2 saturated heterocycles. The molecule has 2 aliphatic heterocycles. The van der Waals surface area contributed by atoms with Gasteiger partial charge in [-0.3, -0.25) is 9.69 Å². The molecule has 1 aromatic heterocycles. The van der Waals surface area contributed by atoms with Gasteiger partial charge in [0.15, 0.2) is 0 Å². The van der Waals surface area contributed by atoms with Gasteiger partial charge in [-0.1, -0.05) is 0 Å². The van der Waals surface area contributed by atoms with Crippen LogP contribution in [0, 0.1) is 0 Å². The van der Waals surface area contributed by atoms with Crippen molar-refractivity contribution >= 4 is 16.8 Å². The van der Waals surface area contributed by atoms with Gasteiger partial charge in [-0.2, -0.15) is 0 Å². The molecule has 0 saturated carbocycles. The summed E-state index contributed by atoms with van der Waals surface area (Å²) in [7, 11) is 1.67. The number of rotatable bonds is 5. The minimum absolute atomic E-state index is 0.226. The third-order valence-corrected chi connectivity index (χ3v) is 5.59. The maximum absolute atomic E-state index is 13.0. The number of carbonyl (C=O) groups excluding carboxylic acids is 1. The predicted molar refractivity (Wildman–Crippen MR) is 101 cm³/mol. The maximum Gasteiger partial charge on any atom is 0.227 e. The van der Waals surface area contributed by atoms with Gasteiger partial charge in [-0.15, -0.1) is 0 Å². The van der Waals surface area contributed by atoms with Crippen LogP contribution in [-0.4, -0.2) is 73.2 Å². The number of H-pyrrole nitrogens is 1. The summed E-state index contributed by atoms with van der Waals surface area (Å²) in [6.45, 7) is 5.40. The molecule has 26 heavy (non-hydrogen) atoms. The summed E-state index contributed by atoms with van der Waals surface area (Å²) >= 11 is 0. The van der Waals surface area contributed by atoms with Crippen LogP contribution in [0.1, 0.15) is 18.4 Å². The van der Waals surface area contributed by atoms with Crippen LogP contribution >= 0.6 is 0 Å². The first kappa shape index (κ1) is 17.4. The predicted octanol–water partition coefficient (Wildman–Crippen LogP) is 2.04. The molecule has 2 aromatic rings. The fourth-order valence-corrected chi connectivity index (χ4v) is 4.13. The Hall–Kier alpha value is -2.05. The summed E-state index contributed by atoms with van der Waals surface area (Å²) in [6, 6.07) is 6.27. The number of amides is 1. The zero-order valence-corrected chi connectivity index (χ0v) is 15.4. The summed E-state index contributed by atoms with van der Waals surface area (Å²) < 4.78 is 10.8. The molecule has 1 amide bonds. The van der Waals surface area contributed by atoms with Gasteiger partial charge in [-0.25, -0.2) is 0 Å². The number of ether oxygens (including phenoxy) is 2. The van der Waals surface area contributed by atoms with E-state index in [2.05, 4.69) is 14.8 Å². The number of hydrogen-bond acceptors (Lipinski definition) is 4. The van der Waals surface area contributed by atoms with Crippen molar-refractivity contribution in [3.8, 4) is 5.75 Å². The molecule has 6 heteroatoms. The second-order valence-corrected chi connectivity index (χ2v) is 7.20. The van der Waals surface area contributed by atoms with E-state index in [1.807, 2.05) is 24.4 Å². The quantitative estimate of drug-likeness (QED) is 0.890. The van der Waals surface area contributed by atoms with E-state index in [-0.39, 0.29) is 5.91 Å². The van der Waals surface area contributed by atoms with Gasteiger partial charge in [0.1, 0.15) is 5.75 Å². The van der Waals surface area contributed by atoms with E-state index >= 15 is 0 Å². The van der Waals surface area contributed by atoms with E-state index in [0.29, 0.717) is 12.5 Å². The van der Waals surface area contributed by atoms with E-state index in [1.165, 1.54) is 0 Å². The van der Waals surface area contributed by atoms with E-state index < -0.39 is 0 Å². The minimum Gasteiger partial charge on any atom is -0.497 e. The number of carbonyl (C=O) groups is 1. The van der Waals surface area contributed by atoms with E-state index in [9.17, 15) is 4.79 Å². The summed E-state index contributed by atoms with van der Waals surface area (Å²) in [5.41, 5.74) is 2.08. The molecule has 0 unspecified atom stereocenters. The first-order valence-corrected chi connectivity index (χ1v) is 9.48. The van der Waals surface area contributed by atoms with Crippen LogP contribution in [0.5, 0.6) is 5.75 Å². The molecule has 0 aliphatic carbocycles. The Labute approximate surface area is 154 Å². The highest BCUT2D eigenvalue weighted by molar-refractivity contribution is 5.90. The van der Waals surface area contributed by atoms with Crippen molar-refractivity contribution in [2.45, 2.75) is 25.3 Å². The molecule has 1 atom stereocenters. The Kier molecular flexibility index (Phi) is 5.13. The van der Waals surface area contributed by atoms with Crippen molar-refractivity contribution in [2.24, 2.45) is 0 Å². The number of nitrogens with one attached hydrogen (secondary N) is 1. The number of aromatic nitrogens is 1. The Bertz CT molecular complexity index is 767. The molecule has 1 N–H and O–H groups in total. The van der Waals surface area contributed by atoms with Gasteiger partial charge in [0.25, 0.3) is 0 Å². The van der Waals surface area contributed by atoms with Gasteiger partial charge < -0.3 is 19.4 Å². The van der Waals surface area contributed by atoms with E-state index in [1.54, 1.807) is 7.11 Å². The number of likely N-dealkylation sites (tertiary alicyclic amines) is 1. The van der Waals surface area contributed by atoms with Crippen molar-refractivity contribution in [3.05, 3.63) is 30.0 Å². The van der Waals surface area contributed by atoms with Crippen molar-refractivity contribution in [3.63, 3.8) is 0 Å². The van der Waals surface area contributed by atoms with Crippen LogP contribution in [0.15, 0.2) is 24.4 Å². The van der Waals surface area contributed by atoms with Gasteiger partial charge in [-0.05, 0) is 36.6 Å². The highest BCUT2D eigenvalue weighted by atomic mass is 16.5. The molecule has 2 fully saturated rings. The Morgan fingerprint density at radius 1 is 1.31 bits per heavy atom. The molecule has 140 valence electrons. The van der Waals surface area contributed by atoms with E-state index in [4.69, 9.17) is 9.47 Å². The molecule has 4 rings (SSSR count). The van der Waals surface area contributed by atoms with Crippen molar-refractivity contribution in [1.29, 1.82) is 0 Å². The van der Waals surface area contributed by atoms with Crippen LogP contribution in [0.4, 0.5) is 0 Å². The molecule has 0 spiro atoms. The monoisotopic (exact) mass is 357 g/mol. The highest BCUT2D eigenvalue weighted by Gasteiger charge is 2.30. The average molecular weight is 357 g/mol. The van der Waals surface area contributed by atoms with Crippen LogP contribution in [0.25, 0.3) is 10.9 Å². The smallest absolute Gasteiger partial charge is 0.227 e. The van der Waals surface area contributed by atoms with Crippen molar-refractivity contribution < 1.29 is 14.3 Å². The van der Waals surface area contributed by atoms with Crippen LogP contribution in [-0.2, 0) is 16.0 Å². The summed E-state index contributed by atoms with van der Waals surface area (Å²) in [5.74, 6) is 1.04. The SMILES string of the molecule is COc1ccc2[nH]cc(CC(=O)N3CCC[C@H]3CN3CCOCC3)c2c1. The standard InChI is InChI=1S/C20H27N3O3/c1-25-17-4-5-19-18(12-17)15(13-21-19)11-20(24)23-6-2-3-16(23)14-22-7-9-26-10-8-22/h4-5,12-13,16,21H,2-3,6-11,14H2,1H3/t16-/m0/s1. The number of aromatic amines is 1. The molecule has 0 radical (unpaired) electrons. The minimum atomic E-state index is 0.226. The Morgan fingerprint density at radius 2 is 2.15 bits per heavy atom. The largest absolute Gasteiger partial charge is 0.497 e. The molecular formula is C20H27N3O3. The Balaban J connectivity index is 1.45. The lowest BCUT2D eigenvalue weighted by Crippen LogP contribution is -2.47. The summed E-state index contributed by atoms with van der Waals surface area (Å²) in [4.78, 5) is 20.8. The molecule has 0 bridgehead atoms. The lowest BCUT2D eigenvalue weighted by atomic mass is 10.1. The zero-order valence-electron chi connectivity index (χ0n) is 15.4. The van der Waals surface area contributed by atoms with Gasteiger partial charge in [0, 0.05) is 49.3 Å².